The van der Waals surface area contributed by atoms with E-state index in [1.165, 1.54) is 0 Å². The monoisotopic (exact) mass is 163 g/mol. The van der Waals surface area contributed by atoms with E-state index >= 15 is 0 Å². The summed E-state index contributed by atoms with van der Waals surface area (Å²) in [7, 11) is 1.71. The summed E-state index contributed by atoms with van der Waals surface area (Å²) in [6.45, 7) is 1.89. The van der Waals surface area contributed by atoms with Crippen molar-refractivity contribution in [1.82, 2.24) is 4.90 Å². The Kier molecular flexibility index (Phi) is 4.77. The molecule has 11 heavy (non-hydrogen) atoms. The predicted molar refractivity (Wildman–Crippen MR) is 40.3 cm³/mol. The van der Waals surface area contributed by atoms with Crippen LogP contribution in [-0.4, -0.2) is 42.8 Å². The first kappa shape index (κ1) is 10.4. The number of aliphatic carboxylic acids is 1. The van der Waals surface area contributed by atoms with E-state index in [-0.39, 0.29) is 0 Å². The molecule has 1 atom stereocenters. The van der Waals surface area contributed by atoms with E-state index in [4.69, 9.17) is 5.11 Å². The molecule has 0 heterocycles. The fourth-order valence-corrected chi connectivity index (χ4v) is 0.781. The Morgan fingerprint density at radius 1 is 1.73 bits per heavy atom. The molecule has 0 amide bonds. The van der Waals surface area contributed by atoms with Crippen molar-refractivity contribution < 1.29 is 14.3 Å². The third-order valence-electron chi connectivity index (χ3n) is 1.47. The molecule has 0 aliphatic carbocycles. The second-order valence-electron chi connectivity index (χ2n) is 2.69. The maximum atomic E-state index is 11.7. The molecule has 0 radical (unpaired) electrons. The number of carboxylic acids is 1. The van der Waals surface area contributed by atoms with Gasteiger partial charge in [-0.25, -0.2) is 4.39 Å². The quantitative estimate of drug-likeness (QED) is 0.645. The van der Waals surface area contributed by atoms with Crippen molar-refractivity contribution in [3.8, 4) is 0 Å². The molecule has 0 aliphatic heterocycles. The third-order valence-corrected chi connectivity index (χ3v) is 1.47. The van der Waals surface area contributed by atoms with Crippen molar-refractivity contribution in [2.75, 3.05) is 26.8 Å². The van der Waals surface area contributed by atoms with E-state index in [2.05, 4.69) is 0 Å². The fraction of sp³-hybridized carbons (Fsp3) is 0.857. The molecule has 0 saturated carbocycles. The Labute approximate surface area is 65.8 Å². The van der Waals surface area contributed by atoms with Gasteiger partial charge < -0.3 is 10.0 Å². The van der Waals surface area contributed by atoms with Crippen LogP contribution in [0.2, 0.25) is 0 Å². The van der Waals surface area contributed by atoms with Gasteiger partial charge in [-0.1, -0.05) is 6.92 Å². The average molecular weight is 163 g/mol. The van der Waals surface area contributed by atoms with Crippen LogP contribution in [0.5, 0.6) is 0 Å². The van der Waals surface area contributed by atoms with E-state index in [0.717, 1.165) is 0 Å². The molecule has 0 aliphatic rings. The summed E-state index contributed by atoms with van der Waals surface area (Å²) in [5.41, 5.74) is 0. The Morgan fingerprint density at radius 3 is 2.64 bits per heavy atom. The number of carbonyl (C=O) groups is 1. The van der Waals surface area contributed by atoms with Crippen molar-refractivity contribution >= 4 is 5.97 Å². The van der Waals surface area contributed by atoms with Crippen LogP contribution in [0.4, 0.5) is 4.39 Å². The van der Waals surface area contributed by atoms with E-state index in [9.17, 15) is 9.18 Å². The molecular formula is C7H14FNO2. The van der Waals surface area contributed by atoms with Gasteiger partial charge in [0.05, 0.1) is 5.92 Å². The van der Waals surface area contributed by atoms with Crippen LogP contribution in [0, 0.1) is 5.92 Å². The summed E-state index contributed by atoms with van der Waals surface area (Å²) in [6.07, 6.45) is 0. The minimum Gasteiger partial charge on any atom is -0.481 e. The SMILES string of the molecule is CC(CN(C)CCF)C(=O)O. The van der Waals surface area contributed by atoms with Crippen LogP contribution >= 0.6 is 0 Å². The van der Waals surface area contributed by atoms with Gasteiger partial charge in [0.2, 0.25) is 0 Å². The lowest BCUT2D eigenvalue weighted by Crippen LogP contribution is -2.30. The van der Waals surface area contributed by atoms with Crippen LogP contribution in [0.1, 0.15) is 6.92 Å². The van der Waals surface area contributed by atoms with Gasteiger partial charge in [0.25, 0.3) is 0 Å². The van der Waals surface area contributed by atoms with Gasteiger partial charge in [-0.15, -0.1) is 0 Å². The van der Waals surface area contributed by atoms with Gasteiger partial charge in [0.15, 0.2) is 0 Å². The van der Waals surface area contributed by atoms with Crippen LogP contribution < -0.4 is 0 Å². The Bertz CT molecular complexity index is 130. The van der Waals surface area contributed by atoms with Crippen molar-refractivity contribution in [2.24, 2.45) is 5.92 Å². The number of hydrogen-bond acceptors (Lipinski definition) is 2. The molecule has 0 spiro atoms. The molecular weight excluding hydrogens is 149 g/mol. The van der Waals surface area contributed by atoms with Gasteiger partial charge in [-0.2, -0.15) is 0 Å². The number of halogens is 1. The van der Waals surface area contributed by atoms with Gasteiger partial charge in [-0.05, 0) is 7.05 Å². The van der Waals surface area contributed by atoms with E-state index in [0.29, 0.717) is 13.1 Å². The van der Waals surface area contributed by atoms with Gasteiger partial charge in [-0.3, -0.25) is 4.79 Å². The number of carboxylic acid groups (broad SMARTS) is 1. The molecule has 0 fully saturated rings. The van der Waals surface area contributed by atoms with Crippen LogP contribution in [0.15, 0.2) is 0 Å². The highest BCUT2D eigenvalue weighted by molar-refractivity contribution is 5.69. The minimum atomic E-state index is -0.837. The van der Waals surface area contributed by atoms with E-state index < -0.39 is 18.6 Å². The van der Waals surface area contributed by atoms with Gasteiger partial charge >= 0.3 is 5.97 Å². The van der Waals surface area contributed by atoms with Crippen LogP contribution in [-0.2, 0) is 4.79 Å². The zero-order valence-corrected chi connectivity index (χ0v) is 6.88. The number of alkyl halides is 1. The predicted octanol–water partition coefficient (Wildman–Crippen LogP) is 0.608. The highest BCUT2D eigenvalue weighted by atomic mass is 19.1. The fourth-order valence-electron chi connectivity index (χ4n) is 0.781. The molecule has 0 aromatic rings. The molecule has 0 bridgehead atoms. The second-order valence-corrected chi connectivity index (χ2v) is 2.69. The zero-order valence-electron chi connectivity index (χ0n) is 6.88. The summed E-state index contributed by atoms with van der Waals surface area (Å²) in [6, 6.07) is 0. The van der Waals surface area contributed by atoms with E-state index in [1.54, 1.807) is 18.9 Å². The van der Waals surface area contributed by atoms with Gasteiger partial charge in [0, 0.05) is 13.1 Å². The molecule has 3 nitrogen and oxygen atoms in total. The lowest BCUT2D eigenvalue weighted by Gasteiger charge is -2.16. The molecule has 66 valence electrons. The first-order valence-corrected chi connectivity index (χ1v) is 3.55. The first-order valence-electron chi connectivity index (χ1n) is 3.55. The lowest BCUT2D eigenvalue weighted by molar-refractivity contribution is -0.141. The number of rotatable bonds is 5. The maximum Gasteiger partial charge on any atom is 0.307 e. The largest absolute Gasteiger partial charge is 0.481 e. The molecule has 0 rings (SSSR count). The summed E-state index contributed by atoms with van der Waals surface area (Å²) < 4.78 is 11.7. The summed E-state index contributed by atoms with van der Waals surface area (Å²) in [5.74, 6) is -1.26. The zero-order chi connectivity index (χ0) is 8.85. The molecule has 1 N–H and O–H groups in total. The highest BCUT2D eigenvalue weighted by Crippen LogP contribution is 1.97. The highest BCUT2D eigenvalue weighted by Gasteiger charge is 2.12. The molecule has 0 aromatic carbocycles. The Morgan fingerprint density at radius 2 is 2.27 bits per heavy atom. The van der Waals surface area contributed by atoms with Crippen molar-refractivity contribution in [3.05, 3.63) is 0 Å². The van der Waals surface area contributed by atoms with Crippen molar-refractivity contribution in [3.63, 3.8) is 0 Å². The van der Waals surface area contributed by atoms with E-state index in [1.807, 2.05) is 0 Å². The first-order chi connectivity index (χ1) is 5.07. The Hall–Kier alpha value is -0.640. The number of hydrogen-bond donors (Lipinski definition) is 1. The summed E-state index contributed by atoms with van der Waals surface area (Å²) >= 11 is 0. The molecule has 4 heteroatoms. The minimum absolute atomic E-state index is 0.303. The molecule has 1 unspecified atom stereocenters. The van der Waals surface area contributed by atoms with Crippen molar-refractivity contribution in [2.45, 2.75) is 6.92 Å². The Balaban J connectivity index is 3.56. The van der Waals surface area contributed by atoms with Crippen molar-refractivity contribution in [1.29, 1.82) is 0 Å². The number of nitrogens with zero attached hydrogens (tertiary/aromatic N) is 1. The second kappa shape index (κ2) is 5.07. The standard InChI is InChI=1S/C7H14FNO2/c1-6(7(10)11)5-9(2)4-3-8/h6H,3-5H2,1-2H3,(H,10,11). The third kappa shape index (κ3) is 4.72. The topological polar surface area (TPSA) is 40.5 Å². The van der Waals surface area contributed by atoms with Crippen LogP contribution in [0.25, 0.3) is 0 Å². The van der Waals surface area contributed by atoms with Crippen LogP contribution in [0.3, 0.4) is 0 Å². The average Bonchev–Trinajstić information content (AvgIpc) is 1.87. The lowest BCUT2D eigenvalue weighted by atomic mass is 10.2. The summed E-state index contributed by atoms with van der Waals surface area (Å²) in [5, 5.41) is 8.48. The molecule has 0 saturated heterocycles. The maximum absolute atomic E-state index is 11.7. The molecule has 0 aromatic heterocycles. The normalized spacial score (nSPS) is 13.5. The smallest absolute Gasteiger partial charge is 0.307 e. The summed E-state index contributed by atoms with van der Waals surface area (Å²) in [4.78, 5) is 12.0. The van der Waals surface area contributed by atoms with Gasteiger partial charge in [0.1, 0.15) is 6.67 Å².